The van der Waals surface area contributed by atoms with Crippen LogP contribution in [0.1, 0.15) is 245 Å². The van der Waals surface area contributed by atoms with E-state index in [1.54, 1.807) is 0 Å². The minimum atomic E-state index is -0.813. The summed E-state index contributed by atoms with van der Waals surface area (Å²) in [5, 5.41) is 23.7. The van der Waals surface area contributed by atoms with Crippen molar-refractivity contribution >= 4 is 11.9 Å². The van der Waals surface area contributed by atoms with Gasteiger partial charge in [-0.1, -0.05) is 236 Å². The van der Waals surface area contributed by atoms with Crippen molar-refractivity contribution in [3.63, 3.8) is 0 Å². The number of carbonyl (C=O) groups is 2. The van der Waals surface area contributed by atoms with Gasteiger partial charge in [-0.15, -0.1) is 0 Å². The number of hydrogen-bond donors (Lipinski definition) is 3. The molecular weight excluding hydrogens is 743 g/mol. The number of allylic oxidation sites excluding steroid dienone is 9. The first-order valence-corrected chi connectivity index (χ1v) is 25.6. The maximum atomic E-state index is 13.1. The Kier molecular flexibility index (Phi) is 45.7. The molecule has 348 valence electrons. The molecule has 0 saturated carbocycles. The van der Waals surface area contributed by atoms with Crippen LogP contribution in [-0.2, 0) is 14.3 Å². The van der Waals surface area contributed by atoms with E-state index in [0.29, 0.717) is 19.3 Å². The predicted molar refractivity (Wildman–Crippen MR) is 259 cm³/mol. The molecule has 6 heteroatoms. The van der Waals surface area contributed by atoms with Crippen molar-refractivity contribution in [1.29, 1.82) is 0 Å². The molecule has 3 N–H and O–H groups in total. The molecule has 0 aliphatic carbocycles. The number of unbranched alkanes of at least 4 members (excludes halogenated alkanes) is 27. The van der Waals surface area contributed by atoms with Crippen molar-refractivity contribution in [2.75, 3.05) is 6.61 Å². The van der Waals surface area contributed by atoms with E-state index in [9.17, 15) is 19.8 Å². The number of aliphatic hydroxyl groups excluding tert-OH is 2. The summed E-state index contributed by atoms with van der Waals surface area (Å²) in [5.74, 6) is -0.615. The number of amides is 1. The number of aliphatic hydroxyl groups is 2. The second kappa shape index (κ2) is 47.6. The first-order chi connectivity index (χ1) is 29.5. The highest BCUT2D eigenvalue weighted by atomic mass is 16.5. The molecule has 0 aromatic rings. The summed E-state index contributed by atoms with van der Waals surface area (Å²) in [6, 6.07) is -0.735. The summed E-state index contributed by atoms with van der Waals surface area (Å²) >= 11 is 0. The van der Waals surface area contributed by atoms with Crippen LogP contribution in [0, 0.1) is 0 Å². The van der Waals surface area contributed by atoms with Gasteiger partial charge >= 0.3 is 5.97 Å². The van der Waals surface area contributed by atoms with Crippen LogP contribution < -0.4 is 5.32 Å². The van der Waals surface area contributed by atoms with Crippen molar-refractivity contribution in [3.8, 4) is 0 Å². The molecule has 1 amide bonds. The second-order valence-electron chi connectivity index (χ2n) is 17.2. The van der Waals surface area contributed by atoms with Crippen LogP contribution in [0.25, 0.3) is 0 Å². The Morgan fingerprint density at radius 1 is 0.533 bits per heavy atom. The zero-order valence-corrected chi connectivity index (χ0v) is 39.6. The average Bonchev–Trinajstić information content (AvgIpc) is 3.24. The molecule has 0 rings (SSSR count). The molecule has 0 heterocycles. The van der Waals surface area contributed by atoms with Gasteiger partial charge in [0.25, 0.3) is 0 Å². The molecule has 60 heavy (non-hydrogen) atoms. The quantitative estimate of drug-likeness (QED) is 0.0246. The minimum absolute atomic E-state index is 0.0345. The fourth-order valence-corrected chi connectivity index (χ4v) is 7.51. The zero-order chi connectivity index (χ0) is 43.8. The van der Waals surface area contributed by atoms with Crippen LogP contribution in [0.4, 0.5) is 0 Å². The maximum absolute atomic E-state index is 13.1. The molecule has 3 atom stereocenters. The Morgan fingerprint density at radius 3 is 1.52 bits per heavy atom. The van der Waals surface area contributed by atoms with Crippen LogP contribution in [-0.4, -0.2) is 46.9 Å². The fourth-order valence-electron chi connectivity index (χ4n) is 7.51. The number of hydrogen-bond acceptors (Lipinski definition) is 5. The normalized spacial score (nSPS) is 13.8. The molecule has 0 spiro atoms. The Bertz CT molecular complexity index is 1080. The fraction of sp³-hybridized carbons (Fsp3) is 0.778. The Labute approximate surface area is 371 Å². The topological polar surface area (TPSA) is 95.9 Å². The van der Waals surface area contributed by atoms with Crippen LogP contribution in [0.15, 0.2) is 60.8 Å². The van der Waals surface area contributed by atoms with Crippen molar-refractivity contribution in [2.45, 2.75) is 264 Å². The van der Waals surface area contributed by atoms with Crippen LogP contribution in [0.2, 0.25) is 0 Å². The Balaban J connectivity index is 4.60. The standard InChI is InChI=1S/C54H97NO5/c1-4-7-10-13-16-19-22-24-26-28-31-34-37-40-43-46-52(57)51(49-56)55-53(58)48-50(45-42-39-36-33-30-21-18-15-12-9-6-3)60-54(59)47-44-41-38-35-32-29-27-25-23-20-17-14-11-8-5-2/h8,11,14,17,20,23,33,36,42,45,50-52,56-57H,4-7,9-10,12-13,15-16,18-19,21-22,24-32,34-35,37-41,43-44,46-49H2,1-3H3,(H,55,58)/b11-8+,17-14+,23-20+,36-33-,45-42+. The lowest BCUT2D eigenvalue weighted by Crippen LogP contribution is -2.46. The van der Waals surface area contributed by atoms with Gasteiger partial charge in [0.05, 0.1) is 25.2 Å². The molecule has 0 aromatic carbocycles. The average molecular weight is 840 g/mol. The summed E-state index contributed by atoms with van der Waals surface area (Å²) in [5.41, 5.74) is 0. The lowest BCUT2D eigenvalue weighted by Gasteiger charge is -2.23. The van der Waals surface area contributed by atoms with E-state index in [-0.39, 0.29) is 24.9 Å². The van der Waals surface area contributed by atoms with Gasteiger partial charge in [-0.25, -0.2) is 0 Å². The highest BCUT2D eigenvalue weighted by Crippen LogP contribution is 2.16. The molecule has 0 aliphatic rings. The van der Waals surface area contributed by atoms with Crippen LogP contribution >= 0.6 is 0 Å². The lowest BCUT2D eigenvalue weighted by atomic mass is 10.0. The van der Waals surface area contributed by atoms with Crippen molar-refractivity contribution in [2.24, 2.45) is 0 Å². The van der Waals surface area contributed by atoms with Crippen LogP contribution in [0.5, 0.6) is 0 Å². The smallest absolute Gasteiger partial charge is 0.306 e. The number of rotatable bonds is 45. The third kappa shape index (κ3) is 42.3. The van der Waals surface area contributed by atoms with Gasteiger partial charge in [-0.2, -0.15) is 0 Å². The highest BCUT2D eigenvalue weighted by Gasteiger charge is 2.23. The summed E-state index contributed by atoms with van der Waals surface area (Å²) in [6.45, 7) is 6.31. The summed E-state index contributed by atoms with van der Waals surface area (Å²) in [4.78, 5) is 26.0. The zero-order valence-electron chi connectivity index (χ0n) is 39.6. The molecule has 0 fully saturated rings. The molecular formula is C54H97NO5. The number of esters is 1. The van der Waals surface area contributed by atoms with E-state index in [2.05, 4.69) is 74.7 Å². The summed E-state index contributed by atoms with van der Waals surface area (Å²) in [6.07, 6.45) is 58.8. The third-order valence-corrected chi connectivity index (χ3v) is 11.4. The van der Waals surface area contributed by atoms with Gasteiger partial charge in [0.2, 0.25) is 5.91 Å². The number of ether oxygens (including phenoxy) is 1. The molecule has 0 saturated heterocycles. The molecule has 3 unspecified atom stereocenters. The van der Waals surface area contributed by atoms with Crippen molar-refractivity contribution in [3.05, 3.63) is 60.8 Å². The summed E-state index contributed by atoms with van der Waals surface area (Å²) in [7, 11) is 0. The monoisotopic (exact) mass is 840 g/mol. The van der Waals surface area contributed by atoms with Gasteiger partial charge in [-0.05, 0) is 57.4 Å². The van der Waals surface area contributed by atoms with E-state index in [0.717, 1.165) is 57.8 Å². The SMILES string of the molecule is CC/C=C/C=C/C=C/CCCCCCCCCC(=O)OC(/C=C/C/C=C\CCCCCCCC)CC(=O)NC(CO)C(O)CCCCCCCCCCCCCCCCC. The van der Waals surface area contributed by atoms with E-state index in [4.69, 9.17) is 4.74 Å². The van der Waals surface area contributed by atoms with E-state index >= 15 is 0 Å². The third-order valence-electron chi connectivity index (χ3n) is 11.4. The predicted octanol–water partition coefficient (Wildman–Crippen LogP) is 15.2. The second-order valence-corrected chi connectivity index (χ2v) is 17.2. The molecule has 0 aliphatic heterocycles. The maximum Gasteiger partial charge on any atom is 0.306 e. The van der Waals surface area contributed by atoms with E-state index < -0.39 is 18.2 Å². The largest absolute Gasteiger partial charge is 0.458 e. The van der Waals surface area contributed by atoms with Crippen molar-refractivity contribution in [1.82, 2.24) is 5.32 Å². The van der Waals surface area contributed by atoms with Gasteiger partial charge in [-0.3, -0.25) is 9.59 Å². The van der Waals surface area contributed by atoms with Crippen LogP contribution in [0.3, 0.4) is 0 Å². The molecule has 0 bridgehead atoms. The Hall–Kier alpha value is -2.44. The summed E-state index contributed by atoms with van der Waals surface area (Å²) < 4.78 is 5.82. The van der Waals surface area contributed by atoms with Gasteiger partial charge in [0, 0.05) is 6.42 Å². The number of nitrogens with one attached hydrogen (secondary N) is 1. The first-order valence-electron chi connectivity index (χ1n) is 25.6. The molecule has 0 aromatic heterocycles. The molecule has 0 radical (unpaired) electrons. The number of carbonyl (C=O) groups excluding carboxylic acids is 2. The van der Waals surface area contributed by atoms with E-state index in [1.807, 2.05) is 12.2 Å². The van der Waals surface area contributed by atoms with E-state index in [1.165, 1.54) is 141 Å². The minimum Gasteiger partial charge on any atom is -0.458 e. The lowest BCUT2D eigenvalue weighted by molar-refractivity contribution is -0.148. The highest BCUT2D eigenvalue weighted by molar-refractivity contribution is 5.78. The first kappa shape index (κ1) is 57.6. The Morgan fingerprint density at radius 2 is 1.00 bits per heavy atom. The van der Waals surface area contributed by atoms with Gasteiger partial charge < -0.3 is 20.3 Å². The van der Waals surface area contributed by atoms with Crippen molar-refractivity contribution < 1.29 is 24.5 Å². The van der Waals surface area contributed by atoms with Gasteiger partial charge in [0.1, 0.15) is 6.10 Å². The molecule has 6 nitrogen and oxygen atoms in total. The van der Waals surface area contributed by atoms with Gasteiger partial charge in [0.15, 0.2) is 0 Å².